The Balaban J connectivity index is 1.11. The number of phenols is 1. The first-order chi connectivity index (χ1) is 21.4. The fourth-order valence-electron chi connectivity index (χ4n) is 7.91. The average Bonchev–Trinajstić information content (AvgIpc) is 3.22. The number of aliphatic hydroxyl groups excluding tert-OH is 3. The monoisotopic (exact) mass is 630 g/mol. The first-order valence-electron chi connectivity index (χ1n) is 14.6. The number of benzene rings is 2. The third-order valence-electron chi connectivity index (χ3n) is 10.2. The van der Waals surface area contributed by atoms with Crippen LogP contribution in [0.15, 0.2) is 48.5 Å². The molecule has 4 saturated heterocycles. The summed E-state index contributed by atoms with van der Waals surface area (Å²) >= 11 is 0. The van der Waals surface area contributed by atoms with Gasteiger partial charge in [0, 0.05) is 12.3 Å². The summed E-state index contributed by atoms with van der Waals surface area (Å²) in [7, 11) is 1.32. The van der Waals surface area contributed by atoms with Crippen molar-refractivity contribution in [2.45, 2.75) is 73.8 Å². The molecule has 3 aliphatic carbocycles. The van der Waals surface area contributed by atoms with Crippen LogP contribution in [0.3, 0.4) is 0 Å². The Morgan fingerprint density at radius 2 is 1.69 bits per heavy atom. The van der Waals surface area contributed by atoms with Gasteiger partial charge < -0.3 is 58.7 Å². The Morgan fingerprint density at radius 3 is 2.42 bits per heavy atom. The Labute approximate surface area is 256 Å². The number of aliphatic hydroxyl groups is 4. The number of ether oxygens (including phenoxy) is 7. The summed E-state index contributed by atoms with van der Waals surface area (Å²) in [4.78, 5) is 25.6. The highest BCUT2D eigenvalue weighted by molar-refractivity contribution is 5.90. The molecular formula is C31H34O14. The highest BCUT2D eigenvalue weighted by Crippen LogP contribution is 2.81. The molecule has 0 radical (unpaired) electrons. The molecule has 45 heavy (non-hydrogen) atoms. The Hall–Kier alpha value is -3.34. The van der Waals surface area contributed by atoms with E-state index in [1.54, 1.807) is 37.3 Å². The Kier molecular flexibility index (Phi) is 6.96. The van der Waals surface area contributed by atoms with E-state index in [4.69, 9.17) is 33.2 Å². The lowest BCUT2D eigenvalue weighted by molar-refractivity contribution is -0.424. The molecule has 4 heterocycles. The highest BCUT2D eigenvalue weighted by atomic mass is 16.8. The fourth-order valence-corrected chi connectivity index (χ4v) is 7.91. The zero-order chi connectivity index (χ0) is 31.9. The largest absolute Gasteiger partial charge is 0.504 e. The number of hydrogen-bond acceptors (Lipinski definition) is 14. The molecule has 7 aliphatic rings. The summed E-state index contributed by atoms with van der Waals surface area (Å²) in [6.45, 7) is 0.968. The molecule has 0 aromatic heterocycles. The van der Waals surface area contributed by atoms with E-state index in [9.17, 15) is 35.1 Å². The van der Waals surface area contributed by atoms with Crippen molar-refractivity contribution in [1.82, 2.24) is 0 Å². The molecule has 4 aliphatic heterocycles. The van der Waals surface area contributed by atoms with Gasteiger partial charge in [0.15, 0.2) is 29.9 Å². The number of carbonyl (C=O) groups excluding carboxylic acids is 2. The van der Waals surface area contributed by atoms with Crippen molar-refractivity contribution >= 4 is 11.9 Å². The summed E-state index contributed by atoms with van der Waals surface area (Å²) in [5.41, 5.74) is -3.26. The molecule has 11 atom stereocenters. The van der Waals surface area contributed by atoms with Crippen molar-refractivity contribution in [1.29, 1.82) is 0 Å². The van der Waals surface area contributed by atoms with Crippen LogP contribution in [0.4, 0.5) is 0 Å². The maximum atomic E-state index is 12.9. The molecule has 6 unspecified atom stereocenters. The molecule has 3 saturated carbocycles. The second-order valence-corrected chi connectivity index (χ2v) is 12.5. The standard InChI is InChI=1S/C31H34O14/c1-28-13-30(38)20-11-31(28,29(20,27(44-28)45-30)14-41-24(36)15-6-4-3-5-7-15)43-26-23(35)22(34)21(33)19(42-26)12-40-25(37)16-8-9-17(32)18(10-16)39-2/h3-10,19-23,26-27,32-35,38H,11-14H2,1-2H3/t19-,20-,21?,22?,23?,26+,27?,28?,29+,30?,31+/m1/s1. The molecule has 0 spiro atoms. The van der Waals surface area contributed by atoms with Crippen LogP contribution in [-0.4, -0.2) is 112 Å². The number of esters is 2. The lowest BCUT2D eigenvalue weighted by Crippen LogP contribution is -2.80. The quantitative estimate of drug-likeness (QED) is 0.236. The molecule has 14 nitrogen and oxygen atoms in total. The van der Waals surface area contributed by atoms with Crippen molar-refractivity contribution in [3.8, 4) is 11.5 Å². The third-order valence-corrected chi connectivity index (χ3v) is 10.2. The van der Waals surface area contributed by atoms with E-state index in [2.05, 4.69) is 0 Å². The molecule has 0 amide bonds. The van der Waals surface area contributed by atoms with Crippen LogP contribution in [0, 0.1) is 11.3 Å². The summed E-state index contributed by atoms with van der Waals surface area (Å²) in [6.07, 6.45) is -8.76. The molecule has 14 heteroatoms. The smallest absolute Gasteiger partial charge is 0.338 e. The Bertz CT molecular complexity index is 1500. The van der Waals surface area contributed by atoms with Gasteiger partial charge in [-0.3, -0.25) is 0 Å². The predicted molar refractivity (Wildman–Crippen MR) is 147 cm³/mol. The SMILES string of the molecule is COc1cc(C(=O)OC[C@H]2O[C@@H](O[C@@]34C[C@H]5C6(O)CC3(C)OC(O6)[C@]54COC(=O)c3ccccc3)C(O)C(O)C2O)ccc1O. The van der Waals surface area contributed by atoms with Crippen LogP contribution in [0.1, 0.15) is 40.5 Å². The van der Waals surface area contributed by atoms with E-state index in [1.807, 2.05) is 0 Å². The van der Waals surface area contributed by atoms with Crippen LogP contribution < -0.4 is 4.74 Å². The first kappa shape index (κ1) is 30.3. The van der Waals surface area contributed by atoms with Gasteiger partial charge in [-0.2, -0.15) is 0 Å². The first-order valence-corrected chi connectivity index (χ1v) is 14.6. The maximum absolute atomic E-state index is 12.9. The molecule has 2 aromatic rings. The molecule has 2 aromatic carbocycles. The van der Waals surface area contributed by atoms with Crippen molar-refractivity contribution in [3.63, 3.8) is 0 Å². The van der Waals surface area contributed by atoms with Gasteiger partial charge in [-0.1, -0.05) is 18.2 Å². The normalized spacial score (nSPS) is 42.2. The molecule has 242 valence electrons. The molecule has 6 bridgehead atoms. The Morgan fingerprint density at radius 1 is 0.956 bits per heavy atom. The van der Waals surface area contributed by atoms with E-state index in [0.29, 0.717) is 5.56 Å². The van der Waals surface area contributed by atoms with Crippen LogP contribution >= 0.6 is 0 Å². The lowest BCUT2D eigenvalue weighted by atomic mass is 9.41. The minimum Gasteiger partial charge on any atom is -0.504 e. The van der Waals surface area contributed by atoms with Gasteiger partial charge in [0.25, 0.3) is 0 Å². The van der Waals surface area contributed by atoms with E-state index in [1.165, 1.54) is 25.3 Å². The van der Waals surface area contributed by atoms with Crippen molar-refractivity contribution in [3.05, 3.63) is 59.7 Å². The molecule has 9 rings (SSSR count). The summed E-state index contributed by atoms with van der Waals surface area (Å²) in [5.74, 6) is -3.62. The summed E-state index contributed by atoms with van der Waals surface area (Å²) < 4.78 is 40.7. The van der Waals surface area contributed by atoms with Crippen LogP contribution in [0.2, 0.25) is 0 Å². The van der Waals surface area contributed by atoms with Gasteiger partial charge >= 0.3 is 11.9 Å². The lowest BCUT2D eigenvalue weighted by Gasteiger charge is -2.67. The molecule has 5 N–H and O–H groups in total. The van der Waals surface area contributed by atoms with E-state index < -0.39 is 83.9 Å². The van der Waals surface area contributed by atoms with Crippen LogP contribution in [0.25, 0.3) is 0 Å². The number of carbonyl (C=O) groups is 2. The van der Waals surface area contributed by atoms with E-state index in [-0.39, 0.29) is 36.5 Å². The number of phenolic OH excluding ortho intramolecular Hbond substituents is 1. The van der Waals surface area contributed by atoms with Gasteiger partial charge in [-0.05, 0) is 43.7 Å². The number of methoxy groups -OCH3 is 1. The van der Waals surface area contributed by atoms with Crippen molar-refractivity contribution < 1.29 is 68.3 Å². The minimum absolute atomic E-state index is 0.0284. The maximum Gasteiger partial charge on any atom is 0.338 e. The van der Waals surface area contributed by atoms with Crippen molar-refractivity contribution in [2.75, 3.05) is 20.3 Å². The van der Waals surface area contributed by atoms with Crippen molar-refractivity contribution in [2.24, 2.45) is 11.3 Å². The second-order valence-electron chi connectivity index (χ2n) is 12.5. The predicted octanol–water partition coefficient (Wildman–Crippen LogP) is 0.221. The van der Waals surface area contributed by atoms with Gasteiger partial charge in [0.05, 0.1) is 23.7 Å². The number of aromatic hydroxyl groups is 1. The zero-order valence-electron chi connectivity index (χ0n) is 24.4. The van der Waals surface area contributed by atoms with Gasteiger partial charge in [0.2, 0.25) is 0 Å². The third kappa shape index (κ3) is 4.17. The molecular weight excluding hydrogens is 596 g/mol. The van der Waals surface area contributed by atoms with Crippen LogP contribution in [0.5, 0.6) is 11.5 Å². The highest BCUT2D eigenvalue weighted by Gasteiger charge is 2.94. The number of hydrogen-bond donors (Lipinski definition) is 5. The molecule has 7 fully saturated rings. The summed E-state index contributed by atoms with van der Waals surface area (Å²) in [5, 5.41) is 53.6. The van der Waals surface area contributed by atoms with Gasteiger partial charge in [-0.15, -0.1) is 0 Å². The van der Waals surface area contributed by atoms with Gasteiger partial charge in [-0.25, -0.2) is 9.59 Å². The zero-order valence-corrected chi connectivity index (χ0v) is 24.4. The van der Waals surface area contributed by atoms with Gasteiger partial charge in [0.1, 0.15) is 48.8 Å². The second kappa shape index (κ2) is 10.3. The average molecular weight is 631 g/mol. The topological polar surface area (TPSA) is 200 Å². The van der Waals surface area contributed by atoms with E-state index in [0.717, 1.165) is 0 Å². The fraction of sp³-hybridized carbons (Fsp3) is 0.548. The minimum atomic E-state index is -1.75. The number of rotatable bonds is 9. The summed E-state index contributed by atoms with van der Waals surface area (Å²) in [6, 6.07) is 12.2. The van der Waals surface area contributed by atoms with E-state index >= 15 is 0 Å². The van der Waals surface area contributed by atoms with Crippen LogP contribution in [-0.2, 0) is 28.4 Å².